The third kappa shape index (κ3) is 11.9. The molecule has 3 N–H and O–H groups in total. The van der Waals surface area contributed by atoms with Crippen molar-refractivity contribution in [2.24, 2.45) is 16.8 Å². The minimum Gasteiger partial charge on any atom is -0.396 e. The van der Waals surface area contributed by atoms with Crippen LogP contribution < -0.4 is 10.6 Å². The van der Waals surface area contributed by atoms with Crippen molar-refractivity contribution < 1.29 is 5.11 Å². The lowest BCUT2D eigenvalue weighted by atomic mass is 9.94. The molecule has 1 rings (SSSR count). The maximum absolute atomic E-state index is 9.31. The molecule has 0 aliphatic heterocycles. The van der Waals surface area contributed by atoms with Crippen LogP contribution in [-0.2, 0) is 6.42 Å². The van der Waals surface area contributed by atoms with E-state index in [1.54, 1.807) is 0 Å². The second-order valence-corrected chi connectivity index (χ2v) is 7.92. The Bertz CT molecular complexity index is 523. The van der Waals surface area contributed by atoms with Crippen LogP contribution in [0.5, 0.6) is 0 Å². The van der Waals surface area contributed by atoms with Crippen LogP contribution in [0.3, 0.4) is 0 Å². The lowest BCUT2D eigenvalue weighted by molar-refractivity contribution is 0.245. The largest absolute Gasteiger partial charge is 0.396 e. The molecule has 162 valence electrons. The van der Waals surface area contributed by atoms with Crippen molar-refractivity contribution in [2.45, 2.75) is 46.1 Å². The number of aliphatic hydroxyl groups is 1. The number of nitrogens with zero attached hydrogens (tertiary/aromatic N) is 2. The SMILES string of the molecule is CCNC(=NCC(CCO)CC(C)C)NCC(Cc1ccccc1)N(C)C.I. The van der Waals surface area contributed by atoms with Gasteiger partial charge < -0.3 is 20.6 Å². The zero-order valence-electron chi connectivity index (χ0n) is 18.3. The third-order valence-corrected chi connectivity index (χ3v) is 4.74. The fourth-order valence-electron chi connectivity index (χ4n) is 3.23. The number of halogens is 1. The van der Waals surface area contributed by atoms with E-state index in [0.717, 1.165) is 44.9 Å². The van der Waals surface area contributed by atoms with Gasteiger partial charge in [0.1, 0.15) is 0 Å². The Labute approximate surface area is 189 Å². The number of hydrogen-bond donors (Lipinski definition) is 3. The first-order chi connectivity index (χ1) is 13.0. The first kappa shape index (κ1) is 27.1. The molecular weight excluding hydrogens is 463 g/mol. The molecule has 0 radical (unpaired) electrons. The van der Waals surface area contributed by atoms with E-state index < -0.39 is 0 Å². The summed E-state index contributed by atoms with van der Waals surface area (Å²) < 4.78 is 0. The lowest BCUT2D eigenvalue weighted by Gasteiger charge is -2.26. The average Bonchev–Trinajstić information content (AvgIpc) is 2.63. The fourth-order valence-corrected chi connectivity index (χ4v) is 3.23. The second-order valence-electron chi connectivity index (χ2n) is 7.92. The Morgan fingerprint density at radius 2 is 1.82 bits per heavy atom. The molecule has 0 aliphatic rings. The van der Waals surface area contributed by atoms with Gasteiger partial charge in [-0.2, -0.15) is 0 Å². The van der Waals surface area contributed by atoms with Crippen LogP contribution in [-0.4, -0.2) is 62.3 Å². The molecule has 1 aromatic rings. The number of rotatable bonds is 12. The number of nitrogens with one attached hydrogen (secondary N) is 2. The van der Waals surface area contributed by atoms with E-state index in [0.29, 0.717) is 17.9 Å². The Balaban J connectivity index is 0.00000729. The molecule has 0 aromatic heterocycles. The molecule has 28 heavy (non-hydrogen) atoms. The van der Waals surface area contributed by atoms with Gasteiger partial charge >= 0.3 is 0 Å². The van der Waals surface area contributed by atoms with E-state index in [1.165, 1.54) is 5.56 Å². The topological polar surface area (TPSA) is 59.9 Å². The highest BCUT2D eigenvalue weighted by molar-refractivity contribution is 14.0. The Kier molecular flexibility index (Phi) is 15.5. The van der Waals surface area contributed by atoms with Gasteiger partial charge in [0.05, 0.1) is 0 Å². The summed E-state index contributed by atoms with van der Waals surface area (Å²) in [5.74, 6) is 1.92. The van der Waals surface area contributed by atoms with Crippen molar-refractivity contribution in [2.75, 3.05) is 40.3 Å². The van der Waals surface area contributed by atoms with E-state index in [2.05, 4.69) is 80.7 Å². The first-order valence-corrected chi connectivity index (χ1v) is 10.3. The highest BCUT2D eigenvalue weighted by Gasteiger charge is 2.14. The normalized spacial score (nSPS) is 13.9. The van der Waals surface area contributed by atoms with Crippen LogP contribution in [0.15, 0.2) is 35.3 Å². The number of guanidine groups is 1. The predicted octanol–water partition coefficient (Wildman–Crippen LogP) is 3.38. The van der Waals surface area contributed by atoms with Gasteiger partial charge in [0.25, 0.3) is 0 Å². The summed E-state index contributed by atoms with van der Waals surface area (Å²) in [4.78, 5) is 7.05. The highest BCUT2D eigenvalue weighted by Crippen LogP contribution is 2.15. The minimum atomic E-state index is 0. The van der Waals surface area contributed by atoms with Crippen LogP contribution in [0.25, 0.3) is 0 Å². The molecule has 0 fully saturated rings. The third-order valence-electron chi connectivity index (χ3n) is 4.74. The van der Waals surface area contributed by atoms with Gasteiger partial charge in [-0.15, -0.1) is 24.0 Å². The maximum atomic E-state index is 9.31. The summed E-state index contributed by atoms with van der Waals surface area (Å²) >= 11 is 0. The molecule has 0 saturated heterocycles. The summed E-state index contributed by atoms with van der Waals surface area (Å²) in [7, 11) is 4.25. The number of benzene rings is 1. The maximum Gasteiger partial charge on any atom is 0.191 e. The Hall–Kier alpha value is -0.860. The summed E-state index contributed by atoms with van der Waals surface area (Å²) in [6.07, 6.45) is 2.91. The van der Waals surface area contributed by atoms with Crippen molar-refractivity contribution in [1.29, 1.82) is 0 Å². The van der Waals surface area contributed by atoms with E-state index in [-0.39, 0.29) is 30.6 Å². The molecule has 5 nitrogen and oxygen atoms in total. The molecule has 0 amide bonds. The Morgan fingerprint density at radius 1 is 1.14 bits per heavy atom. The summed E-state index contributed by atoms with van der Waals surface area (Å²) in [5.41, 5.74) is 1.35. The number of likely N-dealkylation sites (N-methyl/N-ethyl adjacent to an activating group) is 1. The van der Waals surface area contributed by atoms with Crippen LogP contribution >= 0.6 is 24.0 Å². The van der Waals surface area contributed by atoms with Crippen molar-refractivity contribution in [3.05, 3.63) is 35.9 Å². The van der Waals surface area contributed by atoms with E-state index in [9.17, 15) is 5.11 Å². The van der Waals surface area contributed by atoms with Crippen molar-refractivity contribution >= 4 is 29.9 Å². The van der Waals surface area contributed by atoms with Crippen molar-refractivity contribution in [3.8, 4) is 0 Å². The van der Waals surface area contributed by atoms with Gasteiger partial charge in [0.15, 0.2) is 5.96 Å². The second kappa shape index (κ2) is 16.0. The molecule has 0 saturated carbocycles. The fraction of sp³-hybridized carbons (Fsp3) is 0.682. The van der Waals surface area contributed by atoms with Crippen molar-refractivity contribution in [1.82, 2.24) is 15.5 Å². The molecule has 2 unspecified atom stereocenters. The average molecular weight is 505 g/mol. The standard InChI is InChI=1S/C22H40N4O.HI/c1-6-23-22(24-16-20(12-13-27)14-18(2)3)25-17-21(26(4)5)15-19-10-8-7-9-11-19;/h7-11,18,20-21,27H,6,12-17H2,1-5H3,(H2,23,24,25);1H. The van der Waals surface area contributed by atoms with Gasteiger partial charge in [-0.25, -0.2) is 0 Å². The zero-order chi connectivity index (χ0) is 20.1. The Morgan fingerprint density at radius 3 is 2.36 bits per heavy atom. The molecule has 1 aromatic carbocycles. The predicted molar refractivity (Wildman–Crippen MR) is 132 cm³/mol. The van der Waals surface area contributed by atoms with Gasteiger partial charge in [-0.05, 0) is 57.7 Å². The number of aliphatic hydroxyl groups excluding tert-OH is 1. The number of hydrogen-bond acceptors (Lipinski definition) is 3. The van der Waals surface area contributed by atoms with Crippen LogP contribution in [0.1, 0.15) is 39.2 Å². The van der Waals surface area contributed by atoms with Crippen LogP contribution in [0.2, 0.25) is 0 Å². The summed E-state index contributed by atoms with van der Waals surface area (Å²) in [6, 6.07) is 11.0. The van der Waals surface area contributed by atoms with E-state index in [1.807, 2.05) is 0 Å². The smallest absolute Gasteiger partial charge is 0.191 e. The molecule has 0 bridgehead atoms. The van der Waals surface area contributed by atoms with E-state index >= 15 is 0 Å². The van der Waals surface area contributed by atoms with Gasteiger partial charge in [-0.3, -0.25) is 4.99 Å². The highest BCUT2D eigenvalue weighted by atomic mass is 127. The summed E-state index contributed by atoms with van der Waals surface area (Å²) in [6.45, 7) is 9.19. The van der Waals surface area contributed by atoms with Gasteiger partial charge in [-0.1, -0.05) is 44.2 Å². The monoisotopic (exact) mass is 504 g/mol. The molecule has 6 heteroatoms. The van der Waals surface area contributed by atoms with Gasteiger partial charge in [0, 0.05) is 32.3 Å². The zero-order valence-corrected chi connectivity index (χ0v) is 20.6. The molecule has 0 aliphatic carbocycles. The van der Waals surface area contributed by atoms with Gasteiger partial charge in [0.2, 0.25) is 0 Å². The van der Waals surface area contributed by atoms with Crippen molar-refractivity contribution in [3.63, 3.8) is 0 Å². The molecule has 0 spiro atoms. The molecular formula is C22H41IN4O. The van der Waals surface area contributed by atoms with Crippen LogP contribution in [0, 0.1) is 11.8 Å². The quantitative estimate of drug-likeness (QED) is 0.232. The molecule has 0 heterocycles. The van der Waals surface area contributed by atoms with Crippen LogP contribution in [0.4, 0.5) is 0 Å². The molecule has 2 atom stereocenters. The minimum absolute atomic E-state index is 0. The van der Waals surface area contributed by atoms with E-state index in [4.69, 9.17) is 4.99 Å². The number of aliphatic imine (C=N–C) groups is 1. The summed E-state index contributed by atoms with van der Waals surface area (Å²) in [5, 5.41) is 16.2. The first-order valence-electron chi connectivity index (χ1n) is 10.3. The lowest BCUT2D eigenvalue weighted by Crippen LogP contribution is -2.46.